The molecule has 1 aromatic carbocycles. The van der Waals surface area contributed by atoms with E-state index in [1.54, 1.807) is 30.6 Å². The van der Waals surface area contributed by atoms with Crippen molar-refractivity contribution in [1.29, 1.82) is 0 Å². The van der Waals surface area contributed by atoms with Gasteiger partial charge in [-0.25, -0.2) is 9.78 Å². The first-order valence-corrected chi connectivity index (χ1v) is 5.09. The number of carboxylic acids is 1. The first-order chi connectivity index (χ1) is 7.74. The Hall–Kier alpha value is -2.10. The Labute approximate surface area is 93.2 Å². The monoisotopic (exact) mass is 216 g/mol. The van der Waals surface area contributed by atoms with Crippen LogP contribution in [0.3, 0.4) is 0 Å². The van der Waals surface area contributed by atoms with Gasteiger partial charge in [-0.15, -0.1) is 0 Å². The first-order valence-electron chi connectivity index (χ1n) is 5.09. The smallest absolute Gasteiger partial charge is 0.337 e. The van der Waals surface area contributed by atoms with Gasteiger partial charge in [-0.2, -0.15) is 0 Å². The minimum atomic E-state index is -0.925. The highest BCUT2D eigenvalue weighted by atomic mass is 16.4. The van der Waals surface area contributed by atoms with Crippen LogP contribution in [0.2, 0.25) is 0 Å². The van der Waals surface area contributed by atoms with Crippen LogP contribution in [0, 0.1) is 0 Å². The molecule has 0 unspecified atom stereocenters. The largest absolute Gasteiger partial charge is 0.478 e. The van der Waals surface area contributed by atoms with Crippen molar-refractivity contribution >= 4 is 5.97 Å². The lowest BCUT2D eigenvalue weighted by molar-refractivity contribution is 0.0697. The summed E-state index contributed by atoms with van der Waals surface area (Å²) in [5.74, 6) is -0.0694. The van der Waals surface area contributed by atoms with Gasteiger partial charge < -0.3 is 9.67 Å². The highest BCUT2D eigenvalue weighted by Gasteiger charge is 2.12. The lowest BCUT2D eigenvalue weighted by Crippen LogP contribution is -2.06. The maximum atomic E-state index is 11.1. The van der Waals surface area contributed by atoms with Crippen LogP contribution in [0.1, 0.15) is 23.1 Å². The molecule has 16 heavy (non-hydrogen) atoms. The Morgan fingerprint density at radius 2 is 2.19 bits per heavy atom. The standard InChI is InChI=1S/C12H12N2O2/c1-2-11-13-7-8-14(11)10-6-4-3-5-9(10)12(15)16/h3-8H,2H2,1H3,(H,15,16). The summed E-state index contributed by atoms with van der Waals surface area (Å²) in [5, 5.41) is 9.09. The fourth-order valence-corrected chi connectivity index (χ4v) is 1.68. The summed E-state index contributed by atoms with van der Waals surface area (Å²) in [7, 11) is 0. The van der Waals surface area contributed by atoms with Crippen molar-refractivity contribution in [3.8, 4) is 5.69 Å². The van der Waals surface area contributed by atoms with Crippen molar-refractivity contribution in [2.24, 2.45) is 0 Å². The van der Waals surface area contributed by atoms with Crippen LogP contribution in [0.25, 0.3) is 5.69 Å². The van der Waals surface area contributed by atoms with Crippen LogP contribution < -0.4 is 0 Å². The molecule has 0 aliphatic heterocycles. The van der Waals surface area contributed by atoms with E-state index in [4.69, 9.17) is 5.11 Å². The van der Waals surface area contributed by atoms with Gasteiger partial charge >= 0.3 is 5.97 Å². The van der Waals surface area contributed by atoms with E-state index >= 15 is 0 Å². The molecule has 0 fully saturated rings. The highest BCUT2D eigenvalue weighted by molar-refractivity contribution is 5.91. The predicted molar refractivity (Wildman–Crippen MR) is 59.9 cm³/mol. The summed E-state index contributed by atoms with van der Waals surface area (Å²) in [6.07, 6.45) is 4.22. The molecule has 0 aliphatic carbocycles. The van der Waals surface area contributed by atoms with Crippen LogP contribution in [-0.2, 0) is 6.42 Å². The van der Waals surface area contributed by atoms with Crippen molar-refractivity contribution < 1.29 is 9.90 Å². The van der Waals surface area contributed by atoms with Gasteiger partial charge in [-0.3, -0.25) is 0 Å². The van der Waals surface area contributed by atoms with Gasteiger partial charge in [0.2, 0.25) is 0 Å². The van der Waals surface area contributed by atoms with E-state index in [9.17, 15) is 4.79 Å². The number of aromatic carboxylic acids is 1. The molecule has 1 N–H and O–H groups in total. The van der Waals surface area contributed by atoms with E-state index in [-0.39, 0.29) is 5.56 Å². The van der Waals surface area contributed by atoms with Crippen LogP contribution in [0.4, 0.5) is 0 Å². The molecular formula is C12H12N2O2. The number of hydrogen-bond acceptors (Lipinski definition) is 2. The fraction of sp³-hybridized carbons (Fsp3) is 0.167. The summed E-state index contributed by atoms with van der Waals surface area (Å²) < 4.78 is 1.81. The van der Waals surface area contributed by atoms with E-state index in [2.05, 4.69) is 4.98 Å². The summed E-state index contributed by atoms with van der Waals surface area (Å²) in [4.78, 5) is 15.3. The van der Waals surface area contributed by atoms with Crippen LogP contribution >= 0.6 is 0 Å². The number of hydrogen-bond donors (Lipinski definition) is 1. The van der Waals surface area contributed by atoms with Gasteiger partial charge in [-0.1, -0.05) is 19.1 Å². The van der Waals surface area contributed by atoms with Crippen molar-refractivity contribution in [2.45, 2.75) is 13.3 Å². The second-order valence-electron chi connectivity index (χ2n) is 3.39. The number of carboxylic acid groups (broad SMARTS) is 1. The fourth-order valence-electron chi connectivity index (χ4n) is 1.68. The molecule has 0 aliphatic rings. The van der Waals surface area contributed by atoms with Gasteiger partial charge in [0.05, 0.1) is 11.3 Å². The number of para-hydroxylation sites is 1. The summed E-state index contributed by atoms with van der Waals surface area (Å²) in [5.41, 5.74) is 0.944. The summed E-state index contributed by atoms with van der Waals surface area (Å²) in [6.45, 7) is 1.99. The van der Waals surface area contributed by atoms with E-state index < -0.39 is 5.97 Å². The molecule has 0 bridgehead atoms. The lowest BCUT2D eigenvalue weighted by Gasteiger charge is -2.09. The lowest BCUT2D eigenvalue weighted by atomic mass is 10.1. The summed E-state index contributed by atoms with van der Waals surface area (Å²) in [6, 6.07) is 6.91. The van der Waals surface area contributed by atoms with Crippen molar-refractivity contribution in [3.05, 3.63) is 48.0 Å². The zero-order valence-electron chi connectivity index (χ0n) is 8.92. The third-order valence-corrected chi connectivity index (χ3v) is 2.43. The third-order valence-electron chi connectivity index (χ3n) is 2.43. The Morgan fingerprint density at radius 3 is 2.88 bits per heavy atom. The molecule has 0 saturated heterocycles. The van der Waals surface area contributed by atoms with Crippen LogP contribution in [0.15, 0.2) is 36.7 Å². The average Bonchev–Trinajstić information content (AvgIpc) is 2.76. The van der Waals surface area contributed by atoms with Gasteiger partial charge in [0.1, 0.15) is 5.82 Å². The third kappa shape index (κ3) is 1.69. The molecule has 2 rings (SSSR count). The van der Waals surface area contributed by atoms with E-state index in [1.807, 2.05) is 17.6 Å². The van der Waals surface area contributed by atoms with Gasteiger partial charge in [0, 0.05) is 18.8 Å². The first kappa shape index (κ1) is 10.4. The number of benzene rings is 1. The molecule has 0 atom stereocenters. The summed E-state index contributed by atoms with van der Waals surface area (Å²) >= 11 is 0. The average molecular weight is 216 g/mol. The van der Waals surface area contributed by atoms with Gasteiger partial charge in [0.15, 0.2) is 0 Å². The molecule has 2 aromatic rings. The molecular weight excluding hydrogens is 204 g/mol. The number of rotatable bonds is 3. The zero-order valence-corrected chi connectivity index (χ0v) is 8.92. The SMILES string of the molecule is CCc1nccn1-c1ccccc1C(=O)O. The Morgan fingerprint density at radius 1 is 1.44 bits per heavy atom. The van der Waals surface area contributed by atoms with Gasteiger partial charge in [0.25, 0.3) is 0 Å². The Kier molecular flexibility index (Phi) is 2.72. The number of nitrogens with zero attached hydrogens (tertiary/aromatic N) is 2. The topological polar surface area (TPSA) is 55.1 Å². The number of carbonyl (C=O) groups is 1. The van der Waals surface area contributed by atoms with Crippen LogP contribution in [-0.4, -0.2) is 20.6 Å². The second kappa shape index (κ2) is 4.18. The van der Waals surface area contributed by atoms with Crippen molar-refractivity contribution in [3.63, 3.8) is 0 Å². The zero-order chi connectivity index (χ0) is 11.5. The van der Waals surface area contributed by atoms with Crippen LogP contribution in [0.5, 0.6) is 0 Å². The highest BCUT2D eigenvalue weighted by Crippen LogP contribution is 2.16. The number of aryl methyl sites for hydroxylation is 1. The molecule has 0 amide bonds. The maximum absolute atomic E-state index is 11.1. The van der Waals surface area contributed by atoms with Crippen molar-refractivity contribution in [1.82, 2.24) is 9.55 Å². The molecule has 1 heterocycles. The molecule has 1 aromatic heterocycles. The minimum absolute atomic E-state index is 0.287. The number of aromatic nitrogens is 2. The predicted octanol–water partition coefficient (Wildman–Crippen LogP) is 2.13. The van der Waals surface area contributed by atoms with E-state index in [0.717, 1.165) is 12.2 Å². The molecule has 4 nitrogen and oxygen atoms in total. The quantitative estimate of drug-likeness (QED) is 0.855. The van der Waals surface area contributed by atoms with Crippen molar-refractivity contribution in [2.75, 3.05) is 0 Å². The van der Waals surface area contributed by atoms with E-state index in [0.29, 0.717) is 5.69 Å². The normalized spacial score (nSPS) is 10.3. The van der Waals surface area contributed by atoms with Gasteiger partial charge in [-0.05, 0) is 12.1 Å². The molecule has 0 radical (unpaired) electrons. The minimum Gasteiger partial charge on any atom is -0.478 e. The Balaban J connectivity index is 2.60. The molecule has 0 spiro atoms. The maximum Gasteiger partial charge on any atom is 0.337 e. The Bertz CT molecular complexity index is 517. The number of imidazole rings is 1. The molecule has 0 saturated carbocycles. The van der Waals surface area contributed by atoms with E-state index in [1.165, 1.54) is 0 Å². The molecule has 4 heteroatoms. The molecule has 82 valence electrons. The second-order valence-corrected chi connectivity index (χ2v) is 3.39.